The van der Waals surface area contributed by atoms with Gasteiger partial charge >= 0.3 is 11.7 Å². The maximum atomic E-state index is 12.7. The van der Waals surface area contributed by atoms with Crippen molar-refractivity contribution in [1.29, 1.82) is 0 Å². The lowest BCUT2D eigenvalue weighted by Gasteiger charge is -2.17. The van der Waals surface area contributed by atoms with Crippen molar-refractivity contribution in [3.05, 3.63) is 81.9 Å². The molecule has 154 valence electrons. The van der Waals surface area contributed by atoms with Crippen LogP contribution in [0.25, 0.3) is 10.8 Å². The number of methoxy groups -OCH3 is 2. The van der Waals surface area contributed by atoms with E-state index in [4.69, 9.17) is 9.47 Å². The van der Waals surface area contributed by atoms with Gasteiger partial charge in [0.2, 0.25) is 0 Å². The van der Waals surface area contributed by atoms with Crippen molar-refractivity contribution in [2.45, 2.75) is 12.5 Å². The number of hydrogen-bond donors (Lipinski definition) is 1. The number of esters is 1. The van der Waals surface area contributed by atoms with Crippen LogP contribution < -0.4 is 10.1 Å². The predicted octanol–water partition coefficient (Wildman–Crippen LogP) is 3.27. The van der Waals surface area contributed by atoms with Crippen LogP contribution in [0.5, 0.6) is 5.75 Å². The van der Waals surface area contributed by atoms with E-state index in [0.29, 0.717) is 11.1 Å². The summed E-state index contributed by atoms with van der Waals surface area (Å²) in [6.07, 6.45) is 0.0246. The van der Waals surface area contributed by atoms with Gasteiger partial charge in [-0.05, 0) is 34.5 Å². The van der Waals surface area contributed by atoms with Crippen LogP contribution >= 0.6 is 0 Å². The zero-order valence-corrected chi connectivity index (χ0v) is 16.5. The molecule has 8 nitrogen and oxygen atoms in total. The van der Waals surface area contributed by atoms with E-state index in [9.17, 15) is 19.7 Å². The largest absolute Gasteiger partial charge is 0.490 e. The highest BCUT2D eigenvalue weighted by Gasteiger charge is 2.24. The van der Waals surface area contributed by atoms with E-state index in [-0.39, 0.29) is 17.9 Å². The maximum absolute atomic E-state index is 12.7. The van der Waals surface area contributed by atoms with Crippen LogP contribution in [-0.4, -0.2) is 37.1 Å². The predicted molar refractivity (Wildman–Crippen MR) is 111 cm³/mol. The van der Waals surface area contributed by atoms with Gasteiger partial charge in [-0.2, -0.15) is 0 Å². The van der Waals surface area contributed by atoms with Crippen molar-refractivity contribution in [3.8, 4) is 5.75 Å². The molecule has 8 heteroatoms. The number of rotatable bonds is 7. The van der Waals surface area contributed by atoms with Gasteiger partial charge in [0.25, 0.3) is 5.91 Å². The minimum absolute atomic E-state index is 0.0246. The highest BCUT2D eigenvalue weighted by Crippen LogP contribution is 2.28. The number of hydrogen-bond acceptors (Lipinski definition) is 6. The Bertz CT molecular complexity index is 1110. The third-order valence-electron chi connectivity index (χ3n) is 4.68. The third kappa shape index (κ3) is 4.54. The van der Waals surface area contributed by atoms with Crippen LogP contribution in [0.4, 0.5) is 5.69 Å². The van der Waals surface area contributed by atoms with E-state index in [2.05, 4.69) is 5.32 Å². The molecule has 0 radical (unpaired) electrons. The number of carbonyl (C=O) groups is 2. The number of ether oxygens (including phenoxy) is 2. The van der Waals surface area contributed by atoms with Crippen molar-refractivity contribution in [2.24, 2.45) is 0 Å². The fourth-order valence-corrected chi connectivity index (χ4v) is 3.15. The fraction of sp³-hybridized carbons (Fsp3) is 0.182. The van der Waals surface area contributed by atoms with E-state index < -0.39 is 22.8 Å². The molecule has 0 spiro atoms. The van der Waals surface area contributed by atoms with Crippen molar-refractivity contribution >= 4 is 28.3 Å². The molecule has 1 N–H and O–H groups in total. The van der Waals surface area contributed by atoms with Gasteiger partial charge in [0.15, 0.2) is 5.75 Å². The van der Waals surface area contributed by atoms with Crippen molar-refractivity contribution < 1.29 is 24.0 Å². The first kappa shape index (κ1) is 20.8. The normalized spacial score (nSPS) is 11.5. The molecule has 3 aromatic carbocycles. The van der Waals surface area contributed by atoms with Crippen molar-refractivity contribution in [1.82, 2.24) is 5.32 Å². The third-order valence-corrected chi connectivity index (χ3v) is 4.68. The van der Waals surface area contributed by atoms with E-state index in [0.717, 1.165) is 10.8 Å². The summed E-state index contributed by atoms with van der Waals surface area (Å²) in [5.74, 6) is -0.986. The number of nitrogens with zero attached hydrogens (tertiary/aromatic N) is 1. The highest BCUT2D eigenvalue weighted by molar-refractivity contribution is 6.00. The molecule has 0 fully saturated rings. The number of nitro benzene ring substituents is 1. The Hall–Kier alpha value is -3.94. The molecule has 0 saturated carbocycles. The topological polar surface area (TPSA) is 108 Å². The Labute approximate surface area is 172 Å². The number of carbonyl (C=O) groups excluding carboxylic acids is 2. The van der Waals surface area contributed by atoms with Crippen LogP contribution in [0, 0.1) is 10.1 Å². The van der Waals surface area contributed by atoms with Gasteiger partial charge in [0.1, 0.15) is 6.04 Å². The lowest BCUT2D eigenvalue weighted by molar-refractivity contribution is -0.385. The monoisotopic (exact) mass is 408 g/mol. The SMILES string of the molecule is COC(=O)[C@@H](Cc1ccc(OC)c([N+](=O)[O-])c1)NC(=O)c1ccc2ccccc2c1. The summed E-state index contributed by atoms with van der Waals surface area (Å²) in [6, 6.07) is 16.2. The van der Waals surface area contributed by atoms with Gasteiger partial charge in [-0.1, -0.05) is 36.4 Å². The lowest BCUT2D eigenvalue weighted by Crippen LogP contribution is -2.43. The van der Waals surface area contributed by atoms with Crippen LogP contribution in [0.3, 0.4) is 0 Å². The first-order valence-electron chi connectivity index (χ1n) is 9.11. The number of fused-ring (bicyclic) bond motifs is 1. The molecule has 3 rings (SSSR count). The van der Waals surface area contributed by atoms with E-state index in [1.165, 1.54) is 26.4 Å². The molecular weight excluding hydrogens is 388 g/mol. The lowest BCUT2D eigenvalue weighted by atomic mass is 10.0. The molecule has 1 atom stereocenters. The maximum Gasteiger partial charge on any atom is 0.328 e. The Morgan fingerprint density at radius 1 is 1.03 bits per heavy atom. The Morgan fingerprint density at radius 3 is 2.43 bits per heavy atom. The molecule has 0 heterocycles. The molecular formula is C22H20N2O6. The molecule has 0 aromatic heterocycles. The second-order valence-corrected chi connectivity index (χ2v) is 6.58. The molecule has 0 aliphatic heterocycles. The van der Waals surface area contributed by atoms with Crippen molar-refractivity contribution in [3.63, 3.8) is 0 Å². The summed E-state index contributed by atoms with van der Waals surface area (Å²) in [5.41, 5.74) is 0.652. The molecule has 0 saturated heterocycles. The van der Waals surface area contributed by atoms with Gasteiger partial charge < -0.3 is 14.8 Å². The van der Waals surface area contributed by atoms with E-state index in [1.54, 1.807) is 18.2 Å². The first-order valence-corrected chi connectivity index (χ1v) is 9.11. The van der Waals surface area contributed by atoms with Crippen LogP contribution in [0.1, 0.15) is 15.9 Å². The standard InChI is InChI=1S/C22H20N2O6/c1-29-20-10-7-14(12-19(20)24(27)28)11-18(22(26)30-2)23-21(25)17-9-8-15-5-3-4-6-16(15)13-17/h3-10,12-13,18H,11H2,1-2H3,(H,23,25)/t18-/m1/s1. The number of amides is 1. The van der Waals surface area contributed by atoms with Crippen LogP contribution in [0.15, 0.2) is 60.7 Å². The number of benzene rings is 3. The summed E-state index contributed by atoms with van der Waals surface area (Å²) >= 11 is 0. The smallest absolute Gasteiger partial charge is 0.328 e. The second-order valence-electron chi connectivity index (χ2n) is 6.58. The first-order chi connectivity index (χ1) is 14.4. The zero-order valence-electron chi connectivity index (χ0n) is 16.5. The summed E-state index contributed by atoms with van der Waals surface area (Å²) in [5, 5.41) is 15.8. The molecule has 0 unspecified atom stereocenters. The molecule has 0 aliphatic carbocycles. The number of nitrogens with one attached hydrogen (secondary N) is 1. The summed E-state index contributed by atoms with van der Waals surface area (Å²) in [7, 11) is 2.55. The minimum atomic E-state index is -1.01. The van der Waals surface area contributed by atoms with Gasteiger partial charge in [0.05, 0.1) is 19.1 Å². The summed E-state index contributed by atoms with van der Waals surface area (Å²) in [6.45, 7) is 0. The van der Waals surface area contributed by atoms with E-state index >= 15 is 0 Å². The molecule has 0 aliphatic rings. The Balaban J connectivity index is 1.84. The van der Waals surface area contributed by atoms with Gasteiger partial charge in [-0.15, -0.1) is 0 Å². The molecule has 3 aromatic rings. The van der Waals surface area contributed by atoms with Crippen LogP contribution in [-0.2, 0) is 16.0 Å². The summed E-state index contributed by atoms with van der Waals surface area (Å²) < 4.78 is 9.79. The van der Waals surface area contributed by atoms with E-state index in [1.807, 2.05) is 30.3 Å². The average Bonchev–Trinajstić information content (AvgIpc) is 2.77. The Kier molecular flexibility index (Phi) is 6.26. The summed E-state index contributed by atoms with van der Waals surface area (Å²) in [4.78, 5) is 35.7. The van der Waals surface area contributed by atoms with Crippen molar-refractivity contribution in [2.75, 3.05) is 14.2 Å². The highest BCUT2D eigenvalue weighted by atomic mass is 16.6. The Morgan fingerprint density at radius 2 is 1.77 bits per heavy atom. The van der Waals surface area contributed by atoms with Gasteiger partial charge in [-0.3, -0.25) is 14.9 Å². The number of nitro groups is 1. The van der Waals surface area contributed by atoms with Gasteiger partial charge in [-0.25, -0.2) is 4.79 Å². The second kappa shape index (κ2) is 9.04. The quantitative estimate of drug-likeness (QED) is 0.365. The van der Waals surface area contributed by atoms with Gasteiger partial charge in [0, 0.05) is 18.1 Å². The fourth-order valence-electron chi connectivity index (χ4n) is 3.15. The molecule has 30 heavy (non-hydrogen) atoms. The van der Waals surface area contributed by atoms with Crippen LogP contribution in [0.2, 0.25) is 0 Å². The molecule has 0 bridgehead atoms. The average molecular weight is 408 g/mol. The minimum Gasteiger partial charge on any atom is -0.490 e. The molecule has 1 amide bonds. The zero-order chi connectivity index (χ0) is 21.7.